The minimum atomic E-state index is 0.0618. The van der Waals surface area contributed by atoms with E-state index in [9.17, 15) is 4.79 Å². The number of amides is 1. The molecule has 1 aliphatic heterocycles. The van der Waals surface area contributed by atoms with Crippen LogP contribution in [0.2, 0.25) is 0 Å². The van der Waals surface area contributed by atoms with Crippen LogP contribution in [-0.4, -0.2) is 34.9 Å². The number of piperidine rings is 1. The molecule has 146 valence electrons. The summed E-state index contributed by atoms with van der Waals surface area (Å²) in [6, 6.07) is 18.9. The molecule has 0 unspecified atom stereocenters. The maximum absolute atomic E-state index is 13.2. The Morgan fingerprint density at radius 2 is 1.79 bits per heavy atom. The number of carbonyl (C=O) groups is 1. The van der Waals surface area contributed by atoms with E-state index in [1.165, 1.54) is 5.56 Å². The summed E-state index contributed by atoms with van der Waals surface area (Å²) in [4.78, 5) is 21.9. The summed E-state index contributed by atoms with van der Waals surface area (Å²) in [6.45, 7) is 6.44. The number of anilines is 1. The van der Waals surface area contributed by atoms with E-state index in [1.54, 1.807) is 0 Å². The maximum atomic E-state index is 13.2. The fourth-order valence-corrected chi connectivity index (χ4v) is 3.84. The lowest BCUT2D eigenvalue weighted by Crippen LogP contribution is -2.45. The van der Waals surface area contributed by atoms with Crippen molar-refractivity contribution in [2.75, 3.05) is 18.0 Å². The highest BCUT2D eigenvalue weighted by molar-refractivity contribution is 5.79. The van der Waals surface area contributed by atoms with Crippen molar-refractivity contribution in [1.82, 2.24) is 9.88 Å². The first-order valence-corrected chi connectivity index (χ1v) is 10.1. The summed E-state index contributed by atoms with van der Waals surface area (Å²) in [5.74, 6) is 0.322. The molecule has 28 heavy (non-hydrogen) atoms. The van der Waals surface area contributed by atoms with Gasteiger partial charge in [-0.05, 0) is 44.4 Å². The molecule has 0 radical (unpaired) electrons. The molecule has 0 atom stereocenters. The van der Waals surface area contributed by atoms with E-state index >= 15 is 0 Å². The lowest BCUT2D eigenvalue weighted by atomic mass is 9.94. The van der Waals surface area contributed by atoms with Gasteiger partial charge in [0.05, 0.1) is 0 Å². The standard InChI is InChI=1S/C23H27N3O2/c1-17(2)26(16-18-8-4-3-5-9-18)22(27)19-12-14-25(15-13-19)23-24-20-10-6-7-11-21(20)28-23/h3-11,17,19H,12-16H2,1-2H3. The molecule has 4 rings (SSSR count). The van der Waals surface area contributed by atoms with Crippen LogP contribution in [0, 0.1) is 5.92 Å². The zero-order chi connectivity index (χ0) is 19.5. The minimum Gasteiger partial charge on any atom is -0.423 e. The first-order chi connectivity index (χ1) is 13.6. The van der Waals surface area contributed by atoms with Crippen LogP contribution >= 0.6 is 0 Å². The predicted octanol–water partition coefficient (Wildman–Crippen LogP) is 4.48. The first-order valence-electron chi connectivity index (χ1n) is 10.1. The molecular formula is C23H27N3O2. The van der Waals surface area contributed by atoms with E-state index < -0.39 is 0 Å². The van der Waals surface area contributed by atoms with Crippen LogP contribution < -0.4 is 4.90 Å². The van der Waals surface area contributed by atoms with Crippen molar-refractivity contribution in [3.8, 4) is 0 Å². The second kappa shape index (κ2) is 8.05. The van der Waals surface area contributed by atoms with Gasteiger partial charge in [0.25, 0.3) is 6.01 Å². The molecule has 5 heteroatoms. The first kappa shape index (κ1) is 18.5. The Hall–Kier alpha value is -2.82. The Bertz CT molecular complexity index is 894. The molecule has 1 aliphatic rings. The number of benzene rings is 2. The lowest BCUT2D eigenvalue weighted by molar-refractivity contribution is -0.138. The average Bonchev–Trinajstić information content (AvgIpc) is 3.16. The number of fused-ring (bicyclic) bond motifs is 1. The Kier molecular flexibility index (Phi) is 5.33. The molecule has 0 spiro atoms. The molecule has 1 amide bonds. The summed E-state index contributed by atoms with van der Waals surface area (Å²) in [6.07, 6.45) is 1.66. The normalized spacial score (nSPS) is 15.3. The molecule has 0 aliphatic carbocycles. The van der Waals surface area contributed by atoms with Crippen LogP contribution in [0.15, 0.2) is 59.0 Å². The molecule has 1 fully saturated rings. The summed E-state index contributed by atoms with van der Waals surface area (Å²) < 4.78 is 5.89. The highest BCUT2D eigenvalue weighted by atomic mass is 16.4. The molecule has 2 heterocycles. The van der Waals surface area contributed by atoms with E-state index in [-0.39, 0.29) is 17.9 Å². The molecule has 0 saturated carbocycles. The number of aromatic nitrogens is 1. The number of oxazole rings is 1. The van der Waals surface area contributed by atoms with E-state index in [2.05, 4.69) is 35.9 Å². The van der Waals surface area contributed by atoms with Crippen molar-refractivity contribution >= 4 is 23.0 Å². The average molecular weight is 377 g/mol. The van der Waals surface area contributed by atoms with Crippen LogP contribution in [0.5, 0.6) is 0 Å². The van der Waals surface area contributed by atoms with Crippen molar-refractivity contribution in [2.45, 2.75) is 39.3 Å². The van der Waals surface area contributed by atoms with Gasteiger partial charge in [0.2, 0.25) is 5.91 Å². The van der Waals surface area contributed by atoms with Gasteiger partial charge >= 0.3 is 0 Å². The summed E-state index contributed by atoms with van der Waals surface area (Å²) >= 11 is 0. The van der Waals surface area contributed by atoms with Crippen LogP contribution in [-0.2, 0) is 11.3 Å². The predicted molar refractivity (Wildman–Crippen MR) is 111 cm³/mol. The summed E-state index contributed by atoms with van der Waals surface area (Å²) in [7, 11) is 0. The number of para-hydroxylation sites is 2. The van der Waals surface area contributed by atoms with Crippen molar-refractivity contribution in [3.63, 3.8) is 0 Å². The Balaban J connectivity index is 1.40. The zero-order valence-electron chi connectivity index (χ0n) is 16.5. The van der Waals surface area contributed by atoms with Gasteiger partial charge < -0.3 is 14.2 Å². The molecule has 1 saturated heterocycles. The largest absolute Gasteiger partial charge is 0.423 e. The molecule has 3 aromatic rings. The third-order valence-electron chi connectivity index (χ3n) is 5.50. The minimum absolute atomic E-state index is 0.0618. The zero-order valence-corrected chi connectivity index (χ0v) is 16.5. The molecule has 5 nitrogen and oxygen atoms in total. The van der Waals surface area contributed by atoms with Gasteiger partial charge in [0, 0.05) is 31.6 Å². The Labute approximate surface area is 166 Å². The number of nitrogens with zero attached hydrogens (tertiary/aromatic N) is 3. The SMILES string of the molecule is CC(C)N(Cc1ccccc1)C(=O)C1CCN(c2nc3ccccc3o2)CC1. The molecule has 2 aromatic carbocycles. The van der Waals surface area contributed by atoms with Gasteiger partial charge in [-0.1, -0.05) is 42.5 Å². The van der Waals surface area contributed by atoms with E-state index in [4.69, 9.17) is 4.42 Å². The fourth-order valence-electron chi connectivity index (χ4n) is 3.84. The fraction of sp³-hybridized carbons (Fsp3) is 0.391. The third kappa shape index (κ3) is 3.88. The molecular weight excluding hydrogens is 350 g/mol. The summed E-state index contributed by atoms with van der Waals surface area (Å²) in [5.41, 5.74) is 2.86. The Morgan fingerprint density at radius 1 is 1.11 bits per heavy atom. The Morgan fingerprint density at radius 3 is 2.46 bits per heavy atom. The second-order valence-electron chi connectivity index (χ2n) is 7.77. The smallest absolute Gasteiger partial charge is 0.298 e. The second-order valence-corrected chi connectivity index (χ2v) is 7.77. The third-order valence-corrected chi connectivity index (χ3v) is 5.50. The highest BCUT2D eigenvalue weighted by Gasteiger charge is 2.31. The van der Waals surface area contributed by atoms with Gasteiger partial charge in [-0.2, -0.15) is 4.98 Å². The monoisotopic (exact) mass is 377 g/mol. The van der Waals surface area contributed by atoms with E-state index in [1.807, 2.05) is 47.4 Å². The molecule has 1 aromatic heterocycles. The lowest BCUT2D eigenvalue weighted by Gasteiger charge is -2.35. The highest BCUT2D eigenvalue weighted by Crippen LogP contribution is 2.28. The van der Waals surface area contributed by atoms with E-state index in [0.29, 0.717) is 12.6 Å². The van der Waals surface area contributed by atoms with Gasteiger partial charge in [-0.3, -0.25) is 4.79 Å². The summed E-state index contributed by atoms with van der Waals surface area (Å²) in [5, 5.41) is 0. The topological polar surface area (TPSA) is 49.6 Å². The van der Waals surface area contributed by atoms with Gasteiger partial charge in [-0.25, -0.2) is 0 Å². The molecule has 0 N–H and O–H groups in total. The van der Waals surface area contributed by atoms with Gasteiger partial charge in [0.15, 0.2) is 5.58 Å². The van der Waals surface area contributed by atoms with Crippen LogP contribution in [0.25, 0.3) is 11.1 Å². The quantitative estimate of drug-likeness (QED) is 0.658. The number of hydrogen-bond donors (Lipinski definition) is 0. The van der Waals surface area contributed by atoms with E-state index in [0.717, 1.165) is 37.0 Å². The van der Waals surface area contributed by atoms with Crippen molar-refractivity contribution in [2.24, 2.45) is 5.92 Å². The number of hydrogen-bond acceptors (Lipinski definition) is 4. The van der Waals surface area contributed by atoms with Crippen LogP contribution in [0.3, 0.4) is 0 Å². The van der Waals surface area contributed by atoms with Crippen molar-refractivity contribution in [1.29, 1.82) is 0 Å². The van der Waals surface area contributed by atoms with Crippen LogP contribution in [0.1, 0.15) is 32.3 Å². The number of rotatable bonds is 5. The van der Waals surface area contributed by atoms with Gasteiger partial charge in [0.1, 0.15) is 5.52 Å². The van der Waals surface area contributed by atoms with Gasteiger partial charge in [-0.15, -0.1) is 0 Å². The number of carbonyl (C=O) groups excluding carboxylic acids is 1. The van der Waals surface area contributed by atoms with Crippen molar-refractivity contribution < 1.29 is 9.21 Å². The van der Waals surface area contributed by atoms with Crippen LogP contribution in [0.4, 0.5) is 6.01 Å². The maximum Gasteiger partial charge on any atom is 0.298 e. The molecule has 0 bridgehead atoms. The van der Waals surface area contributed by atoms with Crippen molar-refractivity contribution in [3.05, 3.63) is 60.2 Å².